The summed E-state index contributed by atoms with van der Waals surface area (Å²) in [5.41, 5.74) is -0.193. The SMILES string of the molecule is CC(C)(C)OC(=O)N1CCN(c2nc(-c3ccncc3)[nH]c(=O)c2Cl)CC1. The van der Waals surface area contributed by atoms with Gasteiger partial charge < -0.3 is 19.5 Å². The second-order valence-electron chi connectivity index (χ2n) is 7.24. The number of hydrogen-bond donors (Lipinski definition) is 1. The maximum atomic E-state index is 12.3. The van der Waals surface area contributed by atoms with Crippen molar-refractivity contribution in [2.24, 2.45) is 0 Å². The number of rotatable bonds is 2. The third-order valence-corrected chi connectivity index (χ3v) is 4.37. The molecule has 1 aliphatic heterocycles. The smallest absolute Gasteiger partial charge is 0.410 e. The van der Waals surface area contributed by atoms with Gasteiger partial charge >= 0.3 is 6.09 Å². The number of nitrogens with one attached hydrogen (secondary N) is 1. The third kappa shape index (κ3) is 4.57. The van der Waals surface area contributed by atoms with Crippen LogP contribution in [0.15, 0.2) is 29.3 Å². The summed E-state index contributed by atoms with van der Waals surface area (Å²) in [6, 6.07) is 3.52. The lowest BCUT2D eigenvalue weighted by molar-refractivity contribution is 0.0240. The molecule has 0 saturated carbocycles. The van der Waals surface area contributed by atoms with Crippen LogP contribution in [-0.4, -0.2) is 57.7 Å². The van der Waals surface area contributed by atoms with Gasteiger partial charge in [0.25, 0.3) is 5.56 Å². The Morgan fingerprint density at radius 1 is 1.19 bits per heavy atom. The van der Waals surface area contributed by atoms with Crippen molar-refractivity contribution in [2.75, 3.05) is 31.1 Å². The largest absolute Gasteiger partial charge is 0.444 e. The van der Waals surface area contributed by atoms with Gasteiger partial charge in [-0.3, -0.25) is 9.78 Å². The van der Waals surface area contributed by atoms with Crippen molar-refractivity contribution in [2.45, 2.75) is 26.4 Å². The lowest BCUT2D eigenvalue weighted by Gasteiger charge is -2.36. The molecule has 0 atom stereocenters. The van der Waals surface area contributed by atoms with Crippen LogP contribution in [0, 0.1) is 0 Å². The summed E-state index contributed by atoms with van der Waals surface area (Å²) in [6.45, 7) is 7.44. The van der Waals surface area contributed by atoms with Crippen LogP contribution in [0.5, 0.6) is 0 Å². The summed E-state index contributed by atoms with van der Waals surface area (Å²) < 4.78 is 5.40. The third-order valence-electron chi connectivity index (χ3n) is 4.03. The van der Waals surface area contributed by atoms with Crippen molar-refractivity contribution in [3.8, 4) is 11.4 Å². The first-order valence-corrected chi connectivity index (χ1v) is 9.05. The molecule has 1 aliphatic rings. The first-order chi connectivity index (χ1) is 12.7. The molecule has 0 spiro atoms. The molecule has 3 rings (SSSR count). The molecule has 0 unspecified atom stereocenters. The van der Waals surface area contributed by atoms with Gasteiger partial charge in [-0.2, -0.15) is 0 Å². The summed E-state index contributed by atoms with van der Waals surface area (Å²) in [7, 11) is 0. The van der Waals surface area contributed by atoms with Crippen molar-refractivity contribution >= 4 is 23.5 Å². The van der Waals surface area contributed by atoms with E-state index < -0.39 is 11.2 Å². The monoisotopic (exact) mass is 391 g/mol. The molecule has 2 aromatic rings. The fourth-order valence-electron chi connectivity index (χ4n) is 2.73. The molecule has 3 heterocycles. The van der Waals surface area contributed by atoms with E-state index in [2.05, 4.69) is 15.0 Å². The van der Waals surface area contributed by atoms with Crippen LogP contribution in [-0.2, 0) is 4.74 Å². The van der Waals surface area contributed by atoms with Crippen molar-refractivity contribution in [3.05, 3.63) is 39.9 Å². The van der Waals surface area contributed by atoms with Crippen molar-refractivity contribution in [3.63, 3.8) is 0 Å². The Labute approximate surface area is 162 Å². The minimum atomic E-state index is -0.536. The molecule has 144 valence electrons. The summed E-state index contributed by atoms with van der Waals surface area (Å²) >= 11 is 6.21. The van der Waals surface area contributed by atoms with E-state index in [4.69, 9.17) is 16.3 Å². The number of aromatic nitrogens is 3. The quantitative estimate of drug-likeness (QED) is 0.845. The number of anilines is 1. The molecule has 0 radical (unpaired) electrons. The van der Waals surface area contributed by atoms with Crippen LogP contribution >= 0.6 is 11.6 Å². The van der Waals surface area contributed by atoms with Crippen LogP contribution in [0.2, 0.25) is 5.02 Å². The molecule has 27 heavy (non-hydrogen) atoms. The van der Waals surface area contributed by atoms with Gasteiger partial charge in [-0.1, -0.05) is 11.6 Å². The Kier molecular flexibility index (Phi) is 5.36. The molecular weight excluding hydrogens is 370 g/mol. The zero-order chi connectivity index (χ0) is 19.6. The normalized spacial score (nSPS) is 15.0. The van der Waals surface area contributed by atoms with Crippen LogP contribution < -0.4 is 10.5 Å². The number of nitrogens with zero attached hydrogens (tertiary/aromatic N) is 4. The van der Waals surface area contributed by atoms with Gasteiger partial charge in [-0.25, -0.2) is 9.78 Å². The fourth-order valence-corrected chi connectivity index (χ4v) is 2.94. The highest BCUT2D eigenvalue weighted by Crippen LogP contribution is 2.24. The van der Waals surface area contributed by atoms with E-state index in [1.165, 1.54) is 0 Å². The highest BCUT2D eigenvalue weighted by Gasteiger charge is 2.27. The van der Waals surface area contributed by atoms with Crippen LogP contribution in [0.1, 0.15) is 20.8 Å². The Morgan fingerprint density at radius 2 is 1.81 bits per heavy atom. The lowest BCUT2D eigenvalue weighted by atomic mass is 10.2. The Bertz CT molecular complexity index is 871. The van der Waals surface area contributed by atoms with Gasteiger partial charge in [0.1, 0.15) is 16.4 Å². The number of amides is 1. The number of ether oxygens (including phenoxy) is 1. The number of carbonyl (C=O) groups excluding carboxylic acids is 1. The number of hydrogen-bond acceptors (Lipinski definition) is 6. The average Bonchev–Trinajstić information content (AvgIpc) is 2.63. The molecule has 0 bridgehead atoms. The zero-order valence-electron chi connectivity index (χ0n) is 15.5. The minimum absolute atomic E-state index is 0.0403. The fraction of sp³-hybridized carbons (Fsp3) is 0.444. The zero-order valence-corrected chi connectivity index (χ0v) is 16.3. The Hall–Kier alpha value is -2.61. The van der Waals surface area contributed by atoms with Crippen LogP contribution in [0.3, 0.4) is 0 Å². The second kappa shape index (κ2) is 7.56. The topological polar surface area (TPSA) is 91.4 Å². The molecule has 1 fully saturated rings. The van der Waals surface area contributed by atoms with E-state index in [0.29, 0.717) is 37.8 Å². The standard InChI is InChI=1S/C18H22ClN5O3/c1-18(2,3)27-17(26)24-10-8-23(9-11-24)15-13(19)16(25)22-14(21-15)12-4-6-20-7-5-12/h4-7H,8-11H2,1-3H3,(H,21,22,25). The van der Waals surface area contributed by atoms with Gasteiger partial charge in [-0.15, -0.1) is 0 Å². The van der Waals surface area contributed by atoms with E-state index in [0.717, 1.165) is 5.56 Å². The van der Waals surface area contributed by atoms with Crippen molar-refractivity contribution in [1.29, 1.82) is 0 Å². The maximum absolute atomic E-state index is 12.3. The molecule has 0 aromatic carbocycles. The molecule has 1 saturated heterocycles. The number of carbonyl (C=O) groups is 1. The average molecular weight is 392 g/mol. The summed E-state index contributed by atoms with van der Waals surface area (Å²) in [5.74, 6) is 0.840. The van der Waals surface area contributed by atoms with E-state index in [-0.39, 0.29) is 11.1 Å². The summed E-state index contributed by atoms with van der Waals surface area (Å²) in [6.07, 6.45) is 2.91. The number of H-pyrrole nitrogens is 1. The molecule has 0 aliphatic carbocycles. The number of piperazine rings is 1. The van der Waals surface area contributed by atoms with E-state index in [1.54, 1.807) is 29.4 Å². The van der Waals surface area contributed by atoms with Gasteiger partial charge in [-0.05, 0) is 32.9 Å². The van der Waals surface area contributed by atoms with Gasteiger partial charge in [0.15, 0.2) is 5.82 Å². The number of pyridine rings is 1. The molecule has 2 aromatic heterocycles. The Balaban J connectivity index is 1.77. The van der Waals surface area contributed by atoms with Crippen molar-refractivity contribution in [1.82, 2.24) is 19.9 Å². The highest BCUT2D eigenvalue weighted by atomic mass is 35.5. The predicted molar refractivity (Wildman–Crippen MR) is 103 cm³/mol. The van der Waals surface area contributed by atoms with E-state index in [9.17, 15) is 9.59 Å². The molecule has 9 heteroatoms. The predicted octanol–water partition coefficient (Wildman–Crippen LogP) is 2.54. The first-order valence-electron chi connectivity index (χ1n) is 8.68. The summed E-state index contributed by atoms with van der Waals surface area (Å²) in [4.78, 5) is 39.2. The number of aromatic amines is 1. The maximum Gasteiger partial charge on any atom is 0.410 e. The number of halogens is 1. The summed E-state index contributed by atoms with van der Waals surface area (Å²) in [5, 5.41) is 0.0403. The van der Waals surface area contributed by atoms with Gasteiger partial charge in [0.2, 0.25) is 0 Å². The van der Waals surface area contributed by atoms with Gasteiger partial charge in [0, 0.05) is 44.1 Å². The first kappa shape index (κ1) is 19.2. The minimum Gasteiger partial charge on any atom is -0.444 e. The van der Waals surface area contributed by atoms with Crippen LogP contribution in [0.25, 0.3) is 11.4 Å². The van der Waals surface area contributed by atoms with Crippen molar-refractivity contribution < 1.29 is 9.53 Å². The molecule has 8 nitrogen and oxygen atoms in total. The van der Waals surface area contributed by atoms with Crippen LogP contribution in [0.4, 0.5) is 10.6 Å². The second-order valence-corrected chi connectivity index (χ2v) is 7.62. The van der Waals surface area contributed by atoms with Gasteiger partial charge in [0.05, 0.1) is 0 Å². The molecular formula is C18H22ClN5O3. The van der Waals surface area contributed by atoms with E-state index >= 15 is 0 Å². The molecule has 1 N–H and O–H groups in total. The highest BCUT2D eigenvalue weighted by molar-refractivity contribution is 6.32. The molecule has 1 amide bonds. The lowest BCUT2D eigenvalue weighted by Crippen LogP contribution is -2.50. The Morgan fingerprint density at radius 3 is 2.41 bits per heavy atom. The van der Waals surface area contributed by atoms with E-state index in [1.807, 2.05) is 25.7 Å².